The van der Waals surface area contributed by atoms with Crippen molar-refractivity contribution in [2.45, 2.75) is 0 Å². The van der Waals surface area contributed by atoms with Gasteiger partial charge in [0.05, 0.1) is 32.4 Å². The number of aromatic nitrogens is 3. The van der Waals surface area contributed by atoms with Gasteiger partial charge in [0.2, 0.25) is 8.07 Å². The average molecular weight is 760 g/mol. The van der Waals surface area contributed by atoms with Crippen LogP contribution in [0.25, 0.3) is 81.4 Å². The molecule has 5 heteroatoms. The van der Waals surface area contributed by atoms with E-state index in [1.807, 2.05) is 11.3 Å². The quantitative estimate of drug-likeness (QED) is 0.164. The zero-order valence-electron chi connectivity index (χ0n) is 30.8. The topological polar surface area (TPSA) is 30.7 Å². The van der Waals surface area contributed by atoms with Crippen molar-refractivity contribution in [1.82, 2.24) is 14.5 Å². The van der Waals surface area contributed by atoms with Crippen LogP contribution in [0, 0.1) is 0 Å². The molecule has 0 N–H and O–H groups in total. The van der Waals surface area contributed by atoms with Crippen LogP contribution in [-0.4, -0.2) is 22.6 Å². The van der Waals surface area contributed by atoms with Gasteiger partial charge in [-0.15, -0.1) is 11.3 Å². The molecule has 0 atom stereocenters. The van der Waals surface area contributed by atoms with Crippen molar-refractivity contribution in [3.63, 3.8) is 0 Å². The van der Waals surface area contributed by atoms with Crippen LogP contribution < -0.4 is 20.9 Å². The summed E-state index contributed by atoms with van der Waals surface area (Å²) in [6, 6.07) is 72.9. The van der Waals surface area contributed by atoms with E-state index in [0.29, 0.717) is 0 Å². The Balaban J connectivity index is 1.22. The Hall–Kier alpha value is -6.92. The molecule has 57 heavy (non-hydrogen) atoms. The highest BCUT2D eigenvalue weighted by molar-refractivity contribution is 7.26. The second-order valence-corrected chi connectivity index (χ2v) is 19.5. The van der Waals surface area contributed by atoms with Gasteiger partial charge in [-0.3, -0.25) is 0 Å². The number of benzene rings is 8. The minimum absolute atomic E-state index is 0.731. The summed E-state index contributed by atoms with van der Waals surface area (Å²) in [5, 5.41) is 10.2. The summed E-state index contributed by atoms with van der Waals surface area (Å²) in [6.45, 7) is 0. The van der Waals surface area contributed by atoms with Crippen LogP contribution in [0.15, 0.2) is 200 Å². The molecule has 3 aromatic heterocycles. The number of hydrogen-bond donors (Lipinski definition) is 0. The lowest BCUT2D eigenvalue weighted by Crippen LogP contribution is -2.73. The molecule has 12 rings (SSSR count). The smallest absolute Gasteiger partial charge is 0.203 e. The van der Waals surface area contributed by atoms with Gasteiger partial charge >= 0.3 is 0 Å². The summed E-state index contributed by atoms with van der Waals surface area (Å²) in [4.78, 5) is 11.6. The highest BCUT2D eigenvalue weighted by Crippen LogP contribution is 2.44. The summed E-state index contributed by atoms with van der Waals surface area (Å²) in [5.74, 6) is 0.731. The van der Waals surface area contributed by atoms with Gasteiger partial charge in [0, 0.05) is 42.9 Å². The van der Waals surface area contributed by atoms with Crippen molar-refractivity contribution in [3.8, 4) is 39.5 Å². The molecule has 266 valence electrons. The fraction of sp³-hybridized carbons (Fsp3) is 0. The molecular weight excluding hydrogens is 727 g/mol. The summed E-state index contributed by atoms with van der Waals surface area (Å²) in [5.41, 5.74) is 8.86. The lowest BCUT2D eigenvalue weighted by Gasteiger charge is -2.30. The van der Waals surface area contributed by atoms with Crippen molar-refractivity contribution < 1.29 is 0 Å². The molecule has 0 radical (unpaired) electrons. The number of nitrogens with zero attached hydrogens (tertiary/aromatic N) is 3. The number of thiophene rings is 1. The largest absolute Gasteiger partial charge is 0.307 e. The standard InChI is InChI=1S/C52H33N3SSi/c1-4-18-34(19-5-1)48-47-42-27-13-17-31-46(42)57(35-20-6-2-7-21-35,36-22-8-3-9-23-36)52(47)54-51(53-48)41-26-11-15-29-44(41)55-43-28-14-10-24-37(43)39-32-33-40-38-25-12-16-30-45(38)56-50(40)49(39)55/h1-33H. The molecule has 0 aliphatic carbocycles. The Labute approximate surface area is 334 Å². The van der Waals surface area contributed by atoms with E-state index in [-0.39, 0.29) is 0 Å². The van der Waals surface area contributed by atoms with Crippen molar-refractivity contribution in [1.29, 1.82) is 0 Å². The molecule has 0 bridgehead atoms. The molecule has 0 spiro atoms. The van der Waals surface area contributed by atoms with Gasteiger partial charge in [-0.05, 0) is 45.4 Å². The van der Waals surface area contributed by atoms with E-state index in [0.717, 1.165) is 39.2 Å². The van der Waals surface area contributed by atoms with Crippen LogP contribution in [0.3, 0.4) is 0 Å². The van der Waals surface area contributed by atoms with Gasteiger partial charge in [-0.25, -0.2) is 9.97 Å². The second kappa shape index (κ2) is 12.5. The predicted octanol–water partition coefficient (Wildman–Crippen LogP) is 10.6. The molecule has 0 fully saturated rings. The Morgan fingerprint density at radius 2 is 1.05 bits per heavy atom. The maximum absolute atomic E-state index is 5.90. The Kier molecular flexibility index (Phi) is 7.12. The van der Waals surface area contributed by atoms with E-state index in [1.165, 1.54) is 63.1 Å². The minimum Gasteiger partial charge on any atom is -0.307 e. The molecule has 11 aromatic rings. The Bertz CT molecular complexity index is 3310. The second-order valence-electron chi connectivity index (χ2n) is 14.8. The molecule has 1 aliphatic rings. The first-order valence-corrected chi connectivity index (χ1v) is 22.2. The molecular formula is C52H33N3SSi. The molecule has 0 saturated heterocycles. The molecule has 0 saturated carbocycles. The first-order valence-electron chi connectivity index (χ1n) is 19.4. The van der Waals surface area contributed by atoms with Crippen molar-refractivity contribution in [2.24, 2.45) is 0 Å². The highest BCUT2D eigenvalue weighted by Gasteiger charge is 2.51. The van der Waals surface area contributed by atoms with Crippen molar-refractivity contribution in [2.75, 3.05) is 0 Å². The molecule has 3 nitrogen and oxygen atoms in total. The maximum atomic E-state index is 5.90. The summed E-state index contributed by atoms with van der Waals surface area (Å²) in [6.07, 6.45) is 0. The number of rotatable bonds is 5. The van der Waals surface area contributed by atoms with Gasteiger partial charge < -0.3 is 4.57 Å². The Morgan fingerprint density at radius 3 is 1.82 bits per heavy atom. The number of fused-ring (bicyclic) bond motifs is 10. The van der Waals surface area contributed by atoms with Gasteiger partial charge in [0.25, 0.3) is 0 Å². The molecule has 8 aromatic carbocycles. The zero-order valence-corrected chi connectivity index (χ0v) is 32.6. The molecule has 4 heterocycles. The zero-order chi connectivity index (χ0) is 37.5. The maximum Gasteiger partial charge on any atom is 0.203 e. The highest BCUT2D eigenvalue weighted by atomic mass is 32.1. The van der Waals surface area contributed by atoms with Crippen molar-refractivity contribution in [3.05, 3.63) is 200 Å². The van der Waals surface area contributed by atoms with Crippen LogP contribution in [-0.2, 0) is 0 Å². The van der Waals surface area contributed by atoms with E-state index >= 15 is 0 Å². The van der Waals surface area contributed by atoms with E-state index in [9.17, 15) is 0 Å². The fourth-order valence-corrected chi connectivity index (χ4v) is 15.8. The third-order valence-electron chi connectivity index (χ3n) is 11.9. The summed E-state index contributed by atoms with van der Waals surface area (Å²) in [7, 11) is -2.94. The number of para-hydroxylation sites is 2. The molecule has 0 amide bonds. The first kappa shape index (κ1) is 32.3. The van der Waals surface area contributed by atoms with E-state index < -0.39 is 8.07 Å². The fourth-order valence-electron chi connectivity index (χ4n) is 9.53. The monoisotopic (exact) mass is 759 g/mol. The van der Waals surface area contributed by atoms with Gasteiger partial charge in [0.15, 0.2) is 5.82 Å². The van der Waals surface area contributed by atoms with Crippen LogP contribution in [0.2, 0.25) is 0 Å². The van der Waals surface area contributed by atoms with Crippen LogP contribution in [0.4, 0.5) is 0 Å². The third-order valence-corrected chi connectivity index (χ3v) is 17.8. The summed E-state index contributed by atoms with van der Waals surface area (Å²) >= 11 is 1.87. The van der Waals surface area contributed by atoms with Gasteiger partial charge in [-0.1, -0.05) is 176 Å². The summed E-state index contributed by atoms with van der Waals surface area (Å²) < 4.78 is 5.06. The van der Waals surface area contributed by atoms with Crippen LogP contribution in [0.1, 0.15) is 0 Å². The van der Waals surface area contributed by atoms with E-state index in [1.54, 1.807) is 0 Å². The lowest BCUT2D eigenvalue weighted by molar-refractivity contribution is 1.15. The van der Waals surface area contributed by atoms with Crippen molar-refractivity contribution >= 4 is 82.3 Å². The average Bonchev–Trinajstić information content (AvgIpc) is 3.94. The first-order chi connectivity index (χ1) is 28.3. The molecule has 0 unspecified atom stereocenters. The lowest BCUT2D eigenvalue weighted by atomic mass is 10.0. The normalized spacial score (nSPS) is 13.1. The third kappa shape index (κ3) is 4.58. The van der Waals surface area contributed by atoms with Gasteiger partial charge in [0.1, 0.15) is 0 Å². The van der Waals surface area contributed by atoms with Crippen LogP contribution in [0.5, 0.6) is 0 Å². The van der Waals surface area contributed by atoms with E-state index in [4.69, 9.17) is 9.97 Å². The predicted molar refractivity (Wildman–Crippen MR) is 243 cm³/mol. The van der Waals surface area contributed by atoms with Crippen LogP contribution >= 0.6 is 11.3 Å². The SMILES string of the molecule is c1ccc(-c2nc(-c3ccccc3-n3c4ccccc4c4ccc5c6ccccc6sc5c43)nc3c2-c2ccccc2[Si]3(c2ccccc2)c2ccccc2)cc1. The van der Waals surface area contributed by atoms with E-state index in [2.05, 4.69) is 205 Å². The minimum atomic E-state index is -2.94. The number of hydrogen-bond acceptors (Lipinski definition) is 3. The Morgan fingerprint density at radius 1 is 0.456 bits per heavy atom. The molecule has 1 aliphatic heterocycles. The van der Waals surface area contributed by atoms with Gasteiger partial charge in [-0.2, -0.15) is 0 Å².